The molecule has 0 atom stereocenters. The molecule has 31 heavy (non-hydrogen) atoms. The second-order valence-corrected chi connectivity index (χ2v) is 8.15. The third kappa shape index (κ3) is 4.78. The molecule has 0 saturated heterocycles. The number of carbonyl (C=O) groups excluding carboxylic acids is 1. The highest BCUT2D eigenvalue weighted by molar-refractivity contribution is 7.99. The zero-order chi connectivity index (χ0) is 21.8. The summed E-state index contributed by atoms with van der Waals surface area (Å²) in [6.07, 6.45) is 0. The van der Waals surface area contributed by atoms with Crippen LogP contribution >= 0.6 is 11.8 Å². The van der Waals surface area contributed by atoms with Gasteiger partial charge in [-0.05, 0) is 61.4 Å². The van der Waals surface area contributed by atoms with E-state index in [1.807, 2.05) is 66.9 Å². The number of aromatic nitrogens is 3. The first-order chi connectivity index (χ1) is 15.0. The van der Waals surface area contributed by atoms with E-state index in [1.165, 1.54) is 11.8 Å². The van der Waals surface area contributed by atoms with Crippen molar-refractivity contribution < 1.29 is 9.90 Å². The summed E-state index contributed by atoms with van der Waals surface area (Å²) < 4.78 is 1.85. The van der Waals surface area contributed by atoms with Gasteiger partial charge in [-0.1, -0.05) is 48.2 Å². The third-order valence-electron chi connectivity index (χ3n) is 4.63. The number of nitrogens with one attached hydrogen (secondary N) is 1. The Bertz CT molecular complexity index is 1200. The molecular formula is C24H22N4O2S. The van der Waals surface area contributed by atoms with E-state index >= 15 is 0 Å². The van der Waals surface area contributed by atoms with Crippen LogP contribution in [-0.4, -0.2) is 31.5 Å². The highest BCUT2D eigenvalue weighted by Crippen LogP contribution is 2.32. The van der Waals surface area contributed by atoms with Gasteiger partial charge in [-0.2, -0.15) is 0 Å². The number of phenols is 1. The van der Waals surface area contributed by atoms with E-state index in [-0.39, 0.29) is 17.4 Å². The average Bonchev–Trinajstić information content (AvgIpc) is 3.16. The molecule has 4 aromatic rings. The van der Waals surface area contributed by atoms with Crippen molar-refractivity contribution in [3.8, 4) is 22.8 Å². The van der Waals surface area contributed by atoms with Crippen LogP contribution in [0.3, 0.4) is 0 Å². The van der Waals surface area contributed by atoms with Crippen LogP contribution in [0.4, 0.5) is 5.69 Å². The van der Waals surface area contributed by atoms with Gasteiger partial charge in [0.2, 0.25) is 5.91 Å². The van der Waals surface area contributed by atoms with E-state index in [1.54, 1.807) is 18.2 Å². The SMILES string of the molecule is Cc1cc(C)cc(NC(=O)CSc2nnc(-c3ccccc3O)n2-c2ccccc2)c1. The minimum absolute atomic E-state index is 0.121. The first-order valence-corrected chi connectivity index (χ1v) is 10.8. The average molecular weight is 431 g/mol. The standard InChI is InChI=1S/C24H22N4O2S/c1-16-12-17(2)14-18(13-16)25-22(30)15-31-24-27-26-23(20-10-6-7-11-21(20)29)28(24)19-8-4-3-5-9-19/h3-14,29H,15H2,1-2H3,(H,25,30). The van der Waals surface area contributed by atoms with Crippen molar-refractivity contribution in [1.29, 1.82) is 0 Å². The summed E-state index contributed by atoms with van der Waals surface area (Å²) in [6, 6.07) is 22.6. The maximum Gasteiger partial charge on any atom is 0.234 e. The van der Waals surface area contributed by atoms with Crippen LogP contribution in [0.25, 0.3) is 17.1 Å². The number of carbonyl (C=O) groups is 1. The predicted octanol–water partition coefficient (Wildman–Crippen LogP) is 4.99. The van der Waals surface area contributed by atoms with E-state index in [9.17, 15) is 9.90 Å². The van der Waals surface area contributed by atoms with Crippen molar-refractivity contribution in [2.75, 3.05) is 11.1 Å². The maximum absolute atomic E-state index is 12.6. The van der Waals surface area contributed by atoms with Crippen molar-refractivity contribution >= 4 is 23.4 Å². The number of aromatic hydroxyl groups is 1. The van der Waals surface area contributed by atoms with Crippen LogP contribution in [0.2, 0.25) is 0 Å². The second kappa shape index (κ2) is 9.06. The normalized spacial score (nSPS) is 10.8. The molecule has 0 aliphatic rings. The van der Waals surface area contributed by atoms with E-state index in [0.717, 1.165) is 22.5 Å². The number of benzene rings is 3. The van der Waals surface area contributed by atoms with Crippen molar-refractivity contribution in [2.24, 2.45) is 0 Å². The fourth-order valence-electron chi connectivity index (χ4n) is 3.38. The van der Waals surface area contributed by atoms with Gasteiger partial charge in [-0.15, -0.1) is 10.2 Å². The number of phenolic OH excluding ortho intramolecular Hbond substituents is 1. The van der Waals surface area contributed by atoms with Crippen LogP contribution in [-0.2, 0) is 4.79 Å². The Morgan fingerprint density at radius 3 is 2.35 bits per heavy atom. The lowest BCUT2D eigenvalue weighted by atomic mass is 10.1. The van der Waals surface area contributed by atoms with E-state index in [4.69, 9.17) is 0 Å². The Balaban J connectivity index is 1.60. The van der Waals surface area contributed by atoms with Gasteiger partial charge in [0.05, 0.1) is 11.3 Å². The molecule has 1 aromatic heterocycles. The first kappa shape index (κ1) is 20.7. The highest BCUT2D eigenvalue weighted by Gasteiger charge is 2.19. The molecule has 3 aromatic carbocycles. The smallest absolute Gasteiger partial charge is 0.234 e. The Hall–Kier alpha value is -3.58. The number of nitrogens with zero attached hydrogens (tertiary/aromatic N) is 3. The fourth-order valence-corrected chi connectivity index (χ4v) is 4.14. The molecule has 0 unspecified atom stereocenters. The van der Waals surface area contributed by atoms with Crippen LogP contribution in [0, 0.1) is 13.8 Å². The molecule has 0 bridgehead atoms. The van der Waals surface area contributed by atoms with Gasteiger partial charge in [0, 0.05) is 11.4 Å². The highest BCUT2D eigenvalue weighted by atomic mass is 32.2. The number of hydrogen-bond donors (Lipinski definition) is 2. The van der Waals surface area contributed by atoms with Crippen molar-refractivity contribution in [3.63, 3.8) is 0 Å². The summed E-state index contributed by atoms with van der Waals surface area (Å²) in [4.78, 5) is 12.6. The Kier molecular flexibility index (Phi) is 6.04. The molecule has 156 valence electrons. The largest absolute Gasteiger partial charge is 0.507 e. The van der Waals surface area contributed by atoms with E-state index < -0.39 is 0 Å². The van der Waals surface area contributed by atoms with Gasteiger partial charge >= 0.3 is 0 Å². The molecule has 1 heterocycles. The van der Waals surface area contributed by atoms with Crippen molar-refractivity contribution in [3.05, 3.63) is 83.9 Å². The van der Waals surface area contributed by atoms with Gasteiger partial charge in [-0.3, -0.25) is 9.36 Å². The minimum atomic E-state index is -0.123. The summed E-state index contributed by atoms with van der Waals surface area (Å²) in [5, 5.41) is 22.4. The molecule has 0 aliphatic heterocycles. The number of anilines is 1. The summed E-state index contributed by atoms with van der Waals surface area (Å²) in [7, 11) is 0. The fraction of sp³-hybridized carbons (Fsp3) is 0.125. The van der Waals surface area contributed by atoms with E-state index in [2.05, 4.69) is 21.6 Å². The number of hydrogen-bond acceptors (Lipinski definition) is 5. The topological polar surface area (TPSA) is 80.0 Å². The molecule has 0 radical (unpaired) electrons. The maximum atomic E-state index is 12.6. The molecular weight excluding hydrogens is 408 g/mol. The molecule has 0 spiro atoms. The zero-order valence-corrected chi connectivity index (χ0v) is 18.1. The lowest BCUT2D eigenvalue weighted by Gasteiger charge is -2.11. The van der Waals surface area contributed by atoms with Gasteiger partial charge in [0.25, 0.3) is 0 Å². The lowest BCUT2D eigenvalue weighted by molar-refractivity contribution is -0.113. The number of rotatable bonds is 6. The molecule has 7 heteroatoms. The molecule has 1 amide bonds. The minimum Gasteiger partial charge on any atom is -0.507 e. The van der Waals surface area contributed by atoms with Crippen LogP contribution < -0.4 is 5.32 Å². The van der Waals surface area contributed by atoms with E-state index in [0.29, 0.717) is 16.5 Å². The van der Waals surface area contributed by atoms with Crippen molar-refractivity contribution in [1.82, 2.24) is 14.8 Å². The van der Waals surface area contributed by atoms with Gasteiger partial charge < -0.3 is 10.4 Å². The van der Waals surface area contributed by atoms with Gasteiger partial charge in [0.1, 0.15) is 5.75 Å². The Morgan fingerprint density at radius 1 is 0.968 bits per heavy atom. The van der Waals surface area contributed by atoms with Gasteiger partial charge in [0.15, 0.2) is 11.0 Å². The summed E-state index contributed by atoms with van der Waals surface area (Å²) in [5.41, 5.74) is 4.40. The third-order valence-corrected chi connectivity index (χ3v) is 5.56. The molecule has 4 rings (SSSR count). The summed E-state index contributed by atoms with van der Waals surface area (Å²) in [6.45, 7) is 4.00. The number of para-hydroxylation sites is 2. The van der Waals surface area contributed by atoms with Crippen LogP contribution in [0.5, 0.6) is 5.75 Å². The summed E-state index contributed by atoms with van der Waals surface area (Å²) >= 11 is 1.29. The Morgan fingerprint density at radius 2 is 1.65 bits per heavy atom. The Labute approximate surface area is 185 Å². The lowest BCUT2D eigenvalue weighted by Crippen LogP contribution is -2.14. The zero-order valence-electron chi connectivity index (χ0n) is 17.2. The molecule has 6 nitrogen and oxygen atoms in total. The second-order valence-electron chi connectivity index (χ2n) is 7.21. The monoisotopic (exact) mass is 430 g/mol. The molecule has 0 aliphatic carbocycles. The first-order valence-electron chi connectivity index (χ1n) is 9.81. The van der Waals surface area contributed by atoms with Crippen molar-refractivity contribution in [2.45, 2.75) is 19.0 Å². The van der Waals surface area contributed by atoms with Crippen LogP contribution in [0.15, 0.2) is 78.0 Å². The quantitative estimate of drug-likeness (QED) is 0.421. The molecule has 2 N–H and O–H groups in total. The number of aryl methyl sites for hydroxylation is 2. The number of thioether (sulfide) groups is 1. The van der Waals surface area contributed by atoms with Crippen LogP contribution in [0.1, 0.15) is 11.1 Å². The number of amides is 1. The predicted molar refractivity (Wildman–Crippen MR) is 124 cm³/mol. The molecule has 0 fully saturated rings. The molecule has 0 saturated carbocycles. The van der Waals surface area contributed by atoms with Gasteiger partial charge in [-0.25, -0.2) is 0 Å². The summed E-state index contributed by atoms with van der Waals surface area (Å²) in [5.74, 6) is 0.693.